The second-order valence-corrected chi connectivity index (χ2v) is 12.2. The minimum Gasteiger partial charge on any atom is -0.354 e. The van der Waals surface area contributed by atoms with Crippen LogP contribution in [0.25, 0.3) is 0 Å². The molecule has 314 valence electrons. The van der Waals surface area contributed by atoms with Crippen LogP contribution in [0, 0.1) is 17.3 Å². The number of ether oxygens (including phenoxy) is 5. The monoisotopic (exact) mass is 846 g/mol. The van der Waals surface area contributed by atoms with Gasteiger partial charge in [0.2, 0.25) is 6.10 Å². The van der Waals surface area contributed by atoms with E-state index in [4.69, 9.17) is 0 Å². The maximum Gasteiger partial charge on any atom is 0.449 e. The Morgan fingerprint density at radius 3 is 1.51 bits per heavy atom. The summed E-state index contributed by atoms with van der Waals surface area (Å²) in [6.45, 7) is -14.9. The van der Waals surface area contributed by atoms with E-state index in [1.54, 1.807) is 0 Å². The first kappa shape index (κ1) is 45.5. The highest BCUT2D eigenvalue weighted by Gasteiger charge is 2.89. The highest BCUT2D eigenvalue weighted by molar-refractivity contribution is 5.15. The quantitative estimate of drug-likeness (QED) is 0.275. The van der Waals surface area contributed by atoms with Crippen LogP contribution < -0.4 is 0 Å². The Kier molecular flexibility index (Phi) is 10.3. The fourth-order valence-corrected chi connectivity index (χ4v) is 5.36. The van der Waals surface area contributed by atoms with Crippen molar-refractivity contribution in [1.82, 2.24) is 0 Å². The van der Waals surface area contributed by atoms with Crippen LogP contribution in [0.15, 0.2) is 0 Å². The van der Waals surface area contributed by atoms with Crippen molar-refractivity contribution in [1.29, 1.82) is 0 Å². The Morgan fingerprint density at radius 2 is 1.09 bits per heavy atom. The van der Waals surface area contributed by atoms with E-state index in [9.17, 15) is 92.9 Å². The maximum absolute atomic E-state index is 15.9. The van der Waals surface area contributed by atoms with Crippen LogP contribution >= 0.6 is 0 Å². The van der Waals surface area contributed by atoms with Gasteiger partial charge < -0.3 is 28.8 Å². The van der Waals surface area contributed by atoms with E-state index in [-0.39, 0.29) is 6.92 Å². The van der Waals surface area contributed by atoms with Crippen molar-refractivity contribution >= 4 is 0 Å². The van der Waals surface area contributed by atoms with Gasteiger partial charge >= 0.3 is 59.8 Å². The van der Waals surface area contributed by atoms with E-state index in [2.05, 4.69) is 23.7 Å². The Bertz CT molecular complexity index is 1370. The van der Waals surface area contributed by atoms with Gasteiger partial charge in [0.1, 0.15) is 24.5 Å². The number of aliphatic hydroxyl groups is 1. The van der Waals surface area contributed by atoms with Gasteiger partial charge in [-0.3, -0.25) is 0 Å². The van der Waals surface area contributed by atoms with Gasteiger partial charge in [-0.1, -0.05) is 6.92 Å². The molecule has 0 saturated carbocycles. The summed E-state index contributed by atoms with van der Waals surface area (Å²) < 4.78 is 359. The topological polar surface area (TPSA) is 66.4 Å². The van der Waals surface area contributed by atoms with Gasteiger partial charge in [0, 0.05) is 0 Å². The summed E-state index contributed by atoms with van der Waals surface area (Å²) in [5.41, 5.74) is -5.56. The third-order valence-electron chi connectivity index (χ3n) is 8.89. The van der Waals surface area contributed by atoms with Crippen molar-refractivity contribution in [2.45, 2.75) is 97.6 Å². The molecule has 7 atom stereocenters. The van der Waals surface area contributed by atoms with Gasteiger partial charge in [-0.15, -0.1) is 0 Å². The Labute approximate surface area is 276 Å². The van der Waals surface area contributed by atoms with Crippen molar-refractivity contribution in [3.8, 4) is 0 Å². The van der Waals surface area contributed by atoms with Crippen molar-refractivity contribution < 1.29 is 134 Å². The number of hydrogen-bond acceptors (Lipinski definition) is 6. The molecule has 0 bridgehead atoms. The van der Waals surface area contributed by atoms with Crippen molar-refractivity contribution in [2.24, 2.45) is 17.3 Å². The summed E-state index contributed by atoms with van der Waals surface area (Å²) in [4.78, 5) is 0. The summed E-state index contributed by atoms with van der Waals surface area (Å²) in [5.74, 6) is -66.7. The van der Waals surface area contributed by atoms with E-state index in [1.807, 2.05) is 0 Å². The van der Waals surface area contributed by atoms with Gasteiger partial charge in [-0.25, -0.2) is 26.3 Å². The van der Waals surface area contributed by atoms with E-state index >= 15 is 17.6 Å². The van der Waals surface area contributed by atoms with Crippen molar-refractivity contribution in [3.63, 3.8) is 0 Å². The lowest BCUT2D eigenvalue weighted by atomic mass is 9.71. The lowest BCUT2D eigenvalue weighted by Gasteiger charge is -2.56. The predicted octanol–water partition coefficient (Wildman–Crippen LogP) is 7.88. The largest absolute Gasteiger partial charge is 0.449 e. The standard InChI is InChI=1S/C23H18F24O6/c1-7-11(24,25)5-51-19(14(7,30)31,22(42,43)44)50-4-10(2)12(26,27)6-52-20(17(10,37)38,23(45,46)47)49-3-8-13(28,29)9(16(34,35)36)53-18(48,15(8,32)33)21(39,40)41/h7-9,48H,3-6H2,1-2H3/t7-,8?,9?,10?,18?,19?,20?/m0/s1. The van der Waals surface area contributed by atoms with Crippen molar-refractivity contribution in [3.05, 3.63) is 0 Å². The highest BCUT2D eigenvalue weighted by Crippen LogP contribution is 2.65. The average Bonchev–Trinajstić information content (AvgIpc) is 2.91. The zero-order chi connectivity index (χ0) is 42.1. The molecule has 3 rings (SSSR count). The summed E-state index contributed by atoms with van der Waals surface area (Å²) in [5, 5.41) is 9.35. The highest BCUT2D eigenvalue weighted by atomic mass is 19.4. The number of alkyl halides is 24. The minimum absolute atomic E-state index is 0.334. The zero-order valence-electron chi connectivity index (χ0n) is 25.1. The van der Waals surface area contributed by atoms with Gasteiger partial charge in [0.05, 0.1) is 19.1 Å². The molecule has 30 heteroatoms. The van der Waals surface area contributed by atoms with Crippen molar-refractivity contribution in [2.75, 3.05) is 26.4 Å². The first-order valence-electron chi connectivity index (χ1n) is 13.4. The average molecular weight is 846 g/mol. The molecule has 53 heavy (non-hydrogen) atoms. The molecule has 0 aromatic rings. The molecule has 3 heterocycles. The van der Waals surface area contributed by atoms with Gasteiger partial charge in [-0.05, 0) is 6.92 Å². The summed E-state index contributed by atoms with van der Waals surface area (Å²) in [6.07, 6.45) is -34.2. The molecule has 1 N–H and O–H groups in total. The number of halogens is 24. The van der Waals surface area contributed by atoms with Gasteiger partial charge in [0.15, 0.2) is 0 Å². The fraction of sp³-hybridized carbons (Fsp3) is 1.00. The molecule has 0 aliphatic carbocycles. The van der Waals surface area contributed by atoms with Gasteiger partial charge in [0.25, 0.3) is 17.8 Å². The van der Waals surface area contributed by atoms with E-state index in [1.165, 1.54) is 0 Å². The SMILES string of the molecule is C[C@H]1C(F)(F)COC(OCC2(C)C(F)(F)COC(OCC3C(F)(F)C(C(F)(F)F)OC(O)(C(F)(F)F)C3(F)F)(C(F)(F)F)C2(F)F)(C(F)(F)F)C1(F)F. The third kappa shape index (κ3) is 6.07. The van der Waals surface area contributed by atoms with Crippen LogP contribution in [0.4, 0.5) is 105 Å². The van der Waals surface area contributed by atoms with Crippen LogP contribution in [0.5, 0.6) is 0 Å². The first-order chi connectivity index (χ1) is 23.0. The van der Waals surface area contributed by atoms with Crippen LogP contribution in [0.3, 0.4) is 0 Å². The molecule has 0 amide bonds. The molecule has 0 aromatic carbocycles. The van der Waals surface area contributed by atoms with Crippen LogP contribution in [-0.2, 0) is 23.7 Å². The van der Waals surface area contributed by atoms with E-state index in [0.717, 1.165) is 0 Å². The van der Waals surface area contributed by atoms with Crippen LogP contribution in [0.1, 0.15) is 13.8 Å². The lowest BCUT2D eigenvalue weighted by molar-refractivity contribution is -0.533. The van der Waals surface area contributed by atoms with Crippen LogP contribution in [-0.4, -0.2) is 115 Å². The lowest BCUT2D eigenvalue weighted by Crippen LogP contribution is -2.79. The zero-order valence-corrected chi connectivity index (χ0v) is 25.1. The second kappa shape index (κ2) is 12.0. The summed E-state index contributed by atoms with van der Waals surface area (Å²) in [7, 11) is 0. The molecule has 3 aliphatic heterocycles. The Balaban J connectivity index is 2.22. The Hall–Kier alpha value is -1.92. The molecule has 3 aliphatic rings. The molecule has 0 spiro atoms. The molecule has 6 nitrogen and oxygen atoms in total. The first-order valence-corrected chi connectivity index (χ1v) is 13.4. The molecule has 3 saturated heterocycles. The summed E-state index contributed by atoms with van der Waals surface area (Å²) >= 11 is 0. The minimum atomic E-state index is -7.41. The van der Waals surface area contributed by atoms with E-state index < -0.39 is 134 Å². The molecule has 6 unspecified atom stereocenters. The fourth-order valence-electron chi connectivity index (χ4n) is 5.36. The van der Waals surface area contributed by atoms with Crippen LogP contribution in [0.2, 0.25) is 0 Å². The molecule has 0 aromatic heterocycles. The summed E-state index contributed by atoms with van der Waals surface area (Å²) in [6, 6.07) is 0. The smallest absolute Gasteiger partial charge is 0.354 e. The molecular formula is C23H18F24O6. The second-order valence-electron chi connectivity index (χ2n) is 12.2. The molecule has 3 fully saturated rings. The van der Waals surface area contributed by atoms with Gasteiger partial charge in [-0.2, -0.15) is 79.0 Å². The number of hydrogen-bond donors (Lipinski definition) is 1. The van der Waals surface area contributed by atoms with E-state index in [0.29, 0.717) is 0 Å². The maximum atomic E-state index is 15.9. The molecule has 0 radical (unpaired) electrons. The molecular weight excluding hydrogens is 828 g/mol. The Morgan fingerprint density at radius 1 is 0.642 bits per heavy atom. The predicted molar refractivity (Wildman–Crippen MR) is 114 cm³/mol. The third-order valence-corrected chi connectivity index (χ3v) is 8.89. The normalized spacial score (nSPS) is 39.8. The number of rotatable bonds is 6.